The summed E-state index contributed by atoms with van der Waals surface area (Å²) < 4.78 is 91.3. The van der Waals surface area contributed by atoms with Crippen molar-refractivity contribution in [3.63, 3.8) is 0 Å². The van der Waals surface area contributed by atoms with Gasteiger partial charge in [0.15, 0.2) is 23.3 Å². The number of nitrogens with zero attached hydrogens (tertiary/aromatic N) is 6. The predicted octanol–water partition coefficient (Wildman–Crippen LogP) is 4.55. The van der Waals surface area contributed by atoms with Crippen LogP contribution in [0.4, 0.5) is 0 Å². The number of aromatic nitrogens is 8. The third-order valence-corrected chi connectivity index (χ3v) is 13.6. The van der Waals surface area contributed by atoms with E-state index in [1.165, 1.54) is 0 Å². The van der Waals surface area contributed by atoms with Crippen molar-refractivity contribution in [1.82, 2.24) is 39.9 Å². The molecule has 0 amide bonds. The molecule has 2 aliphatic heterocycles. The van der Waals surface area contributed by atoms with Crippen LogP contribution in [0.25, 0.3) is 89.7 Å². The zero-order valence-electron chi connectivity index (χ0n) is 51.6. The Bertz CT molecular complexity index is 3280. The molecule has 28 nitrogen and oxygen atoms in total. The summed E-state index contributed by atoms with van der Waals surface area (Å²) >= 11 is 0. The number of hydrogen-bond donors (Lipinski definition) is 6. The number of aliphatic hydroxyl groups excluding tert-OH is 4. The molecular formula is C64H82N8O20. The van der Waals surface area contributed by atoms with E-state index in [0.717, 1.165) is 10.8 Å². The van der Waals surface area contributed by atoms with Crippen LogP contribution in [0, 0.1) is 0 Å². The minimum atomic E-state index is -0.0374. The van der Waals surface area contributed by atoms with Gasteiger partial charge >= 0.3 is 0 Å². The first-order valence-corrected chi connectivity index (χ1v) is 30.8. The Hall–Kier alpha value is -7.20. The van der Waals surface area contributed by atoms with E-state index in [4.69, 9.17) is 126 Å². The first-order chi connectivity index (χ1) is 45.5. The van der Waals surface area contributed by atoms with Crippen LogP contribution in [-0.2, 0) is 56.8 Å². The van der Waals surface area contributed by atoms with Crippen LogP contribution in [0.15, 0.2) is 72.8 Å². The number of aromatic amines is 2. The molecule has 0 spiro atoms. The molecule has 0 saturated carbocycles. The maximum Gasteiger partial charge on any atom is 0.164 e. The summed E-state index contributed by atoms with van der Waals surface area (Å²) in [4.78, 5) is 38.3. The summed E-state index contributed by atoms with van der Waals surface area (Å²) in [5.41, 5.74) is 4.54. The number of nitrogens with one attached hydrogen (secondary N) is 2. The van der Waals surface area contributed by atoms with Crippen LogP contribution in [-0.4, -0.2) is 272 Å². The average molecular weight is 1280 g/mol. The van der Waals surface area contributed by atoms with Gasteiger partial charge in [-0.3, -0.25) is 0 Å². The highest BCUT2D eigenvalue weighted by atomic mass is 16.6. The minimum Gasteiger partial charge on any atom is -0.491 e. The van der Waals surface area contributed by atoms with Crippen LogP contribution >= 0.6 is 0 Å². The number of ether oxygens (including phenoxy) is 16. The highest BCUT2D eigenvalue weighted by Crippen LogP contribution is 2.40. The fraction of sp³-hybridized carbons (Fsp3) is 0.500. The van der Waals surface area contributed by atoms with E-state index < -0.39 is 0 Å². The number of aliphatic hydroxyl groups is 4. The second-order valence-electron chi connectivity index (χ2n) is 20.1. The fourth-order valence-corrected chi connectivity index (χ4v) is 9.37. The Balaban J connectivity index is 1.04. The lowest BCUT2D eigenvalue weighted by atomic mass is 10.1. The molecule has 7 aromatic rings. The Morgan fingerprint density at radius 2 is 0.457 bits per heavy atom. The van der Waals surface area contributed by atoms with Crippen LogP contribution < -0.4 is 18.9 Å². The molecule has 28 heteroatoms. The summed E-state index contributed by atoms with van der Waals surface area (Å²) in [5, 5.41) is 38.5. The fourth-order valence-electron chi connectivity index (χ4n) is 9.37. The van der Waals surface area contributed by atoms with Crippen LogP contribution in [0.1, 0.15) is 0 Å². The molecule has 92 heavy (non-hydrogen) atoms. The molecule has 9 rings (SSSR count). The van der Waals surface area contributed by atoms with Crippen LogP contribution in [0.3, 0.4) is 0 Å². The molecule has 498 valence electrons. The number of H-pyrrole nitrogens is 2. The van der Waals surface area contributed by atoms with Gasteiger partial charge in [-0.05, 0) is 72.8 Å². The van der Waals surface area contributed by atoms with Gasteiger partial charge in [0.05, 0.1) is 185 Å². The van der Waals surface area contributed by atoms with E-state index in [2.05, 4.69) is 9.97 Å². The third-order valence-electron chi connectivity index (χ3n) is 13.6. The van der Waals surface area contributed by atoms with Crippen LogP contribution in [0.2, 0.25) is 0 Å². The van der Waals surface area contributed by atoms with Gasteiger partial charge in [-0.2, -0.15) is 0 Å². The molecule has 3 aromatic heterocycles. The lowest BCUT2D eigenvalue weighted by Crippen LogP contribution is -2.13. The molecule has 0 saturated heterocycles. The predicted molar refractivity (Wildman–Crippen MR) is 336 cm³/mol. The third kappa shape index (κ3) is 21.4. The van der Waals surface area contributed by atoms with E-state index in [1.807, 2.05) is 72.8 Å². The van der Waals surface area contributed by atoms with Gasteiger partial charge in [0, 0.05) is 43.8 Å². The summed E-state index contributed by atoms with van der Waals surface area (Å²) in [6.07, 6.45) is 0. The normalized spacial score (nSPS) is 11.9. The number of benzene rings is 4. The van der Waals surface area contributed by atoms with E-state index in [0.29, 0.717) is 234 Å². The average Bonchev–Trinajstić information content (AvgIpc) is 1.61. The van der Waals surface area contributed by atoms with Crippen molar-refractivity contribution >= 4 is 44.1 Å². The molecule has 0 fully saturated rings. The Morgan fingerprint density at radius 1 is 0.228 bits per heavy atom. The molecule has 2 aliphatic rings. The maximum atomic E-state index is 8.92. The molecule has 4 aromatic carbocycles. The van der Waals surface area contributed by atoms with Gasteiger partial charge in [0.25, 0.3) is 0 Å². The molecule has 0 aliphatic carbocycles. The van der Waals surface area contributed by atoms with Crippen molar-refractivity contribution in [3.8, 4) is 68.5 Å². The van der Waals surface area contributed by atoms with E-state index in [-0.39, 0.29) is 79.3 Å². The molecular weight excluding hydrogens is 1200 g/mol. The van der Waals surface area contributed by atoms with Crippen molar-refractivity contribution in [2.75, 3.05) is 211 Å². The van der Waals surface area contributed by atoms with E-state index in [1.54, 1.807) is 0 Å². The second-order valence-corrected chi connectivity index (χ2v) is 20.1. The number of rotatable bonds is 48. The monoisotopic (exact) mass is 1280 g/mol. The standard InChI is InChI=1S/C64H82N8O20/c73-9-13-77-17-21-81-25-29-85-33-37-89-45-1-5-49-53(41-45)61-65-57(49)69-62-54-42-46(90-38-34-86-30-26-82-22-18-78-14-10-74)2-6-50(54)59(66-62)71-64-56-44-48(92-40-36-88-32-28-84-24-20-80-16-12-76)4-8-52(56)60(68-64)72-63-55-43-47(3-7-51(55)58(67-63)70-61)91-39-35-87-31-27-83-23-19-79-15-11-75/h1-8,41-44,73-76H,9-40H2,(H2,65,66,67,68,69,70,71,72). The highest BCUT2D eigenvalue weighted by Gasteiger charge is 2.24. The van der Waals surface area contributed by atoms with Crippen molar-refractivity contribution in [2.24, 2.45) is 0 Å². The van der Waals surface area contributed by atoms with Gasteiger partial charge in [-0.25, -0.2) is 29.9 Å². The molecule has 0 atom stereocenters. The SMILES string of the molecule is OCCOCCOCCOCCOc1ccc2c(c1)-c1nc-2nc2[nH]c(nc3nc(nc4[nH]c(n1)c1ccc(OCCOCCOCCOCCO)cc41)-c1ccc(OCCOCCOCCOCCO)cc1-3)c1ccc(OCCOCCOCCOCCO)cc21. The lowest BCUT2D eigenvalue weighted by molar-refractivity contribution is 0.00361. The van der Waals surface area contributed by atoms with Crippen molar-refractivity contribution in [2.45, 2.75) is 0 Å². The molecule has 6 N–H and O–H groups in total. The summed E-state index contributed by atoms with van der Waals surface area (Å²) in [5.74, 6) is 3.73. The van der Waals surface area contributed by atoms with Crippen LogP contribution in [0.5, 0.6) is 23.0 Å². The van der Waals surface area contributed by atoms with Gasteiger partial charge in [0.1, 0.15) is 72.0 Å². The first kappa shape index (κ1) is 69.1. The minimum absolute atomic E-state index is 0.0374. The number of fused-ring (bicyclic) bond motifs is 20. The zero-order chi connectivity index (χ0) is 63.6. The first-order valence-electron chi connectivity index (χ1n) is 30.8. The Morgan fingerprint density at radius 3 is 0.739 bits per heavy atom. The van der Waals surface area contributed by atoms with E-state index in [9.17, 15) is 0 Å². The topological polar surface area (TPSA) is 338 Å². The quantitative estimate of drug-likeness (QED) is 0.0285. The van der Waals surface area contributed by atoms with Gasteiger partial charge < -0.3 is 106 Å². The maximum absolute atomic E-state index is 8.92. The van der Waals surface area contributed by atoms with Crippen molar-refractivity contribution in [1.29, 1.82) is 0 Å². The van der Waals surface area contributed by atoms with Crippen molar-refractivity contribution < 1.29 is 96.2 Å². The van der Waals surface area contributed by atoms with Gasteiger partial charge in [-0.1, -0.05) is 0 Å². The van der Waals surface area contributed by atoms with E-state index >= 15 is 0 Å². The highest BCUT2D eigenvalue weighted by molar-refractivity contribution is 6.07. The van der Waals surface area contributed by atoms with Gasteiger partial charge in [-0.15, -0.1) is 0 Å². The Kier molecular flexibility index (Phi) is 29.6. The molecule has 8 bridgehead atoms. The second kappa shape index (κ2) is 39.4. The smallest absolute Gasteiger partial charge is 0.164 e. The summed E-state index contributed by atoms with van der Waals surface area (Å²) in [6, 6.07) is 22.7. The summed E-state index contributed by atoms with van der Waals surface area (Å²) in [7, 11) is 0. The van der Waals surface area contributed by atoms with Crippen molar-refractivity contribution in [3.05, 3.63) is 72.8 Å². The Labute approximate surface area is 531 Å². The molecule has 5 heterocycles. The lowest BCUT2D eigenvalue weighted by Gasteiger charge is -2.09. The number of hydrogen-bond acceptors (Lipinski definition) is 26. The largest absolute Gasteiger partial charge is 0.491 e. The summed E-state index contributed by atoms with van der Waals surface area (Å²) in [6.45, 7) is 9.32. The molecule has 0 unspecified atom stereocenters. The molecule has 0 radical (unpaired) electrons. The van der Waals surface area contributed by atoms with Gasteiger partial charge in [0.2, 0.25) is 0 Å². The zero-order valence-corrected chi connectivity index (χ0v) is 51.6.